The van der Waals surface area contributed by atoms with Crippen molar-refractivity contribution in [3.8, 4) is 0 Å². The molecule has 3 rings (SSSR count). The Bertz CT molecular complexity index is 695. The predicted octanol–water partition coefficient (Wildman–Crippen LogP) is 3.09. The molecule has 0 saturated carbocycles. The summed E-state index contributed by atoms with van der Waals surface area (Å²) in [6.07, 6.45) is 3.36. The van der Waals surface area contributed by atoms with E-state index in [9.17, 15) is 9.18 Å². The Kier molecular flexibility index (Phi) is 6.33. The highest BCUT2D eigenvalue weighted by atomic mass is 32.1. The molecule has 1 aliphatic rings. The van der Waals surface area contributed by atoms with E-state index in [1.165, 1.54) is 12.1 Å². The van der Waals surface area contributed by atoms with Crippen LogP contribution in [0.25, 0.3) is 6.08 Å². The Hall–Kier alpha value is -2.02. The number of hydrogen-bond donors (Lipinski definition) is 1. The van der Waals surface area contributed by atoms with Crippen LogP contribution in [0.1, 0.15) is 16.5 Å². The molecule has 0 spiro atoms. The van der Waals surface area contributed by atoms with Gasteiger partial charge in [0.2, 0.25) is 5.91 Å². The Morgan fingerprint density at radius 1 is 1.28 bits per heavy atom. The lowest BCUT2D eigenvalue weighted by Gasteiger charge is -2.34. The molecule has 1 saturated heterocycles. The number of rotatable bonds is 6. The van der Waals surface area contributed by atoms with Crippen molar-refractivity contribution >= 4 is 23.3 Å². The van der Waals surface area contributed by atoms with E-state index < -0.39 is 0 Å². The largest absolute Gasteiger partial charge is 0.379 e. The van der Waals surface area contributed by atoms with Crippen LogP contribution in [0.2, 0.25) is 0 Å². The number of carbonyl (C=O) groups is 1. The maximum atomic E-state index is 13.2. The lowest BCUT2D eigenvalue weighted by atomic mass is 10.0. The minimum absolute atomic E-state index is 0.00332. The SMILES string of the molecule is O=C(/C=C/c1cccs1)NC[C@@H](c1ccc(F)cc1)N1CCOCC1. The van der Waals surface area contributed by atoms with Crippen LogP contribution in [0.5, 0.6) is 0 Å². The number of ether oxygens (including phenoxy) is 1. The average molecular weight is 360 g/mol. The van der Waals surface area contributed by atoms with Crippen molar-refractivity contribution in [3.63, 3.8) is 0 Å². The second-order valence-electron chi connectivity index (χ2n) is 5.81. The van der Waals surface area contributed by atoms with E-state index in [4.69, 9.17) is 4.74 Å². The molecule has 132 valence electrons. The summed E-state index contributed by atoms with van der Waals surface area (Å²) in [5.41, 5.74) is 0.992. The van der Waals surface area contributed by atoms with Gasteiger partial charge in [0.15, 0.2) is 0 Å². The van der Waals surface area contributed by atoms with Gasteiger partial charge in [-0.15, -0.1) is 11.3 Å². The van der Waals surface area contributed by atoms with Gasteiger partial charge in [-0.1, -0.05) is 18.2 Å². The van der Waals surface area contributed by atoms with Crippen LogP contribution >= 0.6 is 11.3 Å². The fourth-order valence-corrected chi connectivity index (χ4v) is 3.45. The van der Waals surface area contributed by atoms with Gasteiger partial charge in [-0.3, -0.25) is 9.69 Å². The maximum Gasteiger partial charge on any atom is 0.244 e. The van der Waals surface area contributed by atoms with Crippen LogP contribution in [0.3, 0.4) is 0 Å². The number of thiophene rings is 1. The molecule has 2 heterocycles. The first-order valence-electron chi connectivity index (χ1n) is 8.29. The van der Waals surface area contributed by atoms with Crippen LogP contribution in [0.4, 0.5) is 4.39 Å². The fourth-order valence-electron chi connectivity index (χ4n) is 2.83. The minimum Gasteiger partial charge on any atom is -0.379 e. The van der Waals surface area contributed by atoms with Gasteiger partial charge >= 0.3 is 0 Å². The summed E-state index contributed by atoms with van der Waals surface area (Å²) in [6, 6.07) is 10.4. The third-order valence-electron chi connectivity index (χ3n) is 4.15. The molecule has 0 aliphatic carbocycles. The Morgan fingerprint density at radius 2 is 2.04 bits per heavy atom. The van der Waals surface area contributed by atoms with Gasteiger partial charge in [-0.2, -0.15) is 0 Å². The fraction of sp³-hybridized carbons (Fsp3) is 0.316. The number of nitrogens with one attached hydrogen (secondary N) is 1. The number of carbonyl (C=O) groups excluding carboxylic acids is 1. The average Bonchev–Trinajstić information content (AvgIpc) is 3.16. The van der Waals surface area contributed by atoms with E-state index in [0.29, 0.717) is 19.8 Å². The van der Waals surface area contributed by atoms with Crippen molar-refractivity contribution in [3.05, 3.63) is 64.1 Å². The van der Waals surface area contributed by atoms with Gasteiger partial charge < -0.3 is 10.1 Å². The quantitative estimate of drug-likeness (QED) is 0.805. The highest BCUT2D eigenvalue weighted by Crippen LogP contribution is 2.21. The van der Waals surface area contributed by atoms with Crippen molar-refractivity contribution < 1.29 is 13.9 Å². The third kappa shape index (κ3) is 5.22. The molecule has 1 N–H and O–H groups in total. The Balaban J connectivity index is 1.64. The molecule has 0 radical (unpaired) electrons. The van der Waals surface area contributed by atoms with E-state index in [0.717, 1.165) is 23.5 Å². The van der Waals surface area contributed by atoms with Crippen molar-refractivity contribution in [2.45, 2.75) is 6.04 Å². The van der Waals surface area contributed by atoms with E-state index in [2.05, 4.69) is 10.2 Å². The molecule has 1 aliphatic heterocycles. The van der Waals surface area contributed by atoms with E-state index in [-0.39, 0.29) is 17.8 Å². The van der Waals surface area contributed by atoms with Crippen molar-refractivity contribution in [2.75, 3.05) is 32.8 Å². The number of morpholine rings is 1. The molecule has 2 aromatic rings. The number of hydrogen-bond acceptors (Lipinski definition) is 4. The summed E-state index contributed by atoms with van der Waals surface area (Å²) < 4.78 is 18.6. The van der Waals surface area contributed by atoms with Gasteiger partial charge in [-0.05, 0) is 35.2 Å². The molecule has 1 atom stereocenters. The predicted molar refractivity (Wildman–Crippen MR) is 97.9 cm³/mol. The Labute approximate surface area is 150 Å². The molecule has 1 aromatic heterocycles. The summed E-state index contributed by atoms with van der Waals surface area (Å²) in [7, 11) is 0. The monoisotopic (exact) mass is 360 g/mol. The molecule has 1 fully saturated rings. The second kappa shape index (κ2) is 8.89. The van der Waals surface area contributed by atoms with Crippen LogP contribution in [0.15, 0.2) is 47.9 Å². The number of nitrogens with zero attached hydrogens (tertiary/aromatic N) is 1. The summed E-state index contributed by atoms with van der Waals surface area (Å²) in [5, 5.41) is 4.93. The van der Waals surface area contributed by atoms with E-state index in [1.807, 2.05) is 23.6 Å². The molecule has 25 heavy (non-hydrogen) atoms. The van der Waals surface area contributed by atoms with E-state index in [1.54, 1.807) is 29.5 Å². The van der Waals surface area contributed by atoms with Gasteiger partial charge in [0.25, 0.3) is 0 Å². The lowest BCUT2D eigenvalue weighted by Crippen LogP contribution is -2.43. The second-order valence-corrected chi connectivity index (χ2v) is 6.79. The topological polar surface area (TPSA) is 41.6 Å². The van der Waals surface area contributed by atoms with Crippen molar-refractivity contribution in [1.82, 2.24) is 10.2 Å². The van der Waals surface area contributed by atoms with Crippen LogP contribution < -0.4 is 5.32 Å². The van der Waals surface area contributed by atoms with Gasteiger partial charge in [0, 0.05) is 30.6 Å². The zero-order valence-corrected chi connectivity index (χ0v) is 14.7. The lowest BCUT2D eigenvalue weighted by molar-refractivity contribution is -0.116. The normalized spacial score (nSPS) is 16.8. The third-order valence-corrected chi connectivity index (χ3v) is 4.99. The molecule has 0 bridgehead atoms. The first-order valence-corrected chi connectivity index (χ1v) is 9.17. The summed E-state index contributed by atoms with van der Waals surface area (Å²) >= 11 is 1.59. The first-order chi connectivity index (χ1) is 12.2. The summed E-state index contributed by atoms with van der Waals surface area (Å²) in [5.74, 6) is -0.388. The highest BCUT2D eigenvalue weighted by molar-refractivity contribution is 7.10. The number of benzene rings is 1. The summed E-state index contributed by atoms with van der Waals surface area (Å²) in [6.45, 7) is 3.40. The number of halogens is 1. The van der Waals surface area contributed by atoms with Gasteiger partial charge in [-0.25, -0.2) is 4.39 Å². The zero-order valence-electron chi connectivity index (χ0n) is 13.9. The Morgan fingerprint density at radius 3 is 2.72 bits per heavy atom. The van der Waals surface area contributed by atoms with Gasteiger partial charge in [0.05, 0.1) is 19.3 Å². The molecule has 0 unspecified atom stereocenters. The van der Waals surface area contributed by atoms with Crippen LogP contribution in [0, 0.1) is 5.82 Å². The molecule has 6 heteroatoms. The molecular weight excluding hydrogens is 339 g/mol. The van der Waals surface area contributed by atoms with E-state index >= 15 is 0 Å². The van der Waals surface area contributed by atoms with Crippen molar-refractivity contribution in [1.29, 1.82) is 0 Å². The van der Waals surface area contributed by atoms with Crippen LogP contribution in [-0.2, 0) is 9.53 Å². The molecule has 4 nitrogen and oxygen atoms in total. The molecular formula is C19H21FN2O2S. The smallest absolute Gasteiger partial charge is 0.244 e. The first kappa shape index (κ1) is 17.8. The minimum atomic E-state index is -0.257. The van der Waals surface area contributed by atoms with Gasteiger partial charge in [0.1, 0.15) is 5.82 Å². The highest BCUT2D eigenvalue weighted by Gasteiger charge is 2.23. The maximum absolute atomic E-state index is 13.2. The van der Waals surface area contributed by atoms with Crippen LogP contribution in [-0.4, -0.2) is 43.7 Å². The number of amides is 1. The summed E-state index contributed by atoms with van der Waals surface area (Å²) in [4.78, 5) is 15.4. The zero-order chi connectivity index (χ0) is 17.5. The molecule has 1 aromatic carbocycles. The standard InChI is InChI=1S/C19H21FN2O2S/c20-16-5-3-15(4-6-16)18(22-9-11-24-12-10-22)14-21-19(23)8-7-17-2-1-13-25-17/h1-8,13,18H,9-12,14H2,(H,21,23)/b8-7+/t18-/m0/s1. The van der Waals surface area contributed by atoms with Crippen molar-refractivity contribution in [2.24, 2.45) is 0 Å². The molecule has 1 amide bonds.